The third-order valence-electron chi connectivity index (χ3n) is 4.08. The summed E-state index contributed by atoms with van der Waals surface area (Å²) in [5.41, 5.74) is 3.58. The van der Waals surface area contributed by atoms with Crippen molar-refractivity contribution in [2.24, 2.45) is 0 Å². The van der Waals surface area contributed by atoms with Crippen molar-refractivity contribution < 1.29 is 19.1 Å². The van der Waals surface area contributed by atoms with Gasteiger partial charge in [0.05, 0.1) is 17.5 Å². The Morgan fingerprint density at radius 3 is 2.63 bits per heavy atom. The van der Waals surface area contributed by atoms with Crippen molar-refractivity contribution in [1.82, 2.24) is 20.1 Å². The summed E-state index contributed by atoms with van der Waals surface area (Å²) in [6.45, 7) is 5.84. The fourth-order valence-corrected chi connectivity index (χ4v) is 2.85. The number of amides is 1. The van der Waals surface area contributed by atoms with Gasteiger partial charge in [0.2, 0.25) is 0 Å². The lowest BCUT2D eigenvalue weighted by Gasteiger charge is -2.08. The highest BCUT2D eigenvalue weighted by molar-refractivity contribution is 5.97. The van der Waals surface area contributed by atoms with Crippen molar-refractivity contribution in [3.05, 3.63) is 64.5 Å². The maximum Gasteiger partial charge on any atom is 0.311 e. The first-order valence-electron chi connectivity index (χ1n) is 8.40. The lowest BCUT2D eigenvalue weighted by Crippen LogP contribution is -2.24. The summed E-state index contributed by atoms with van der Waals surface area (Å²) in [7, 11) is 0. The molecule has 0 aliphatic heterocycles. The van der Waals surface area contributed by atoms with E-state index in [1.54, 1.807) is 17.8 Å². The fourth-order valence-electron chi connectivity index (χ4n) is 2.85. The first-order valence-corrected chi connectivity index (χ1v) is 8.40. The molecule has 0 saturated heterocycles. The SMILES string of the molecule is Cc1cc(C)n(-c2ccc(CNC(=O)c3c(C)coc3CC(=O)O)cn2)n1. The fraction of sp³-hybridized carbons (Fsp3) is 0.263. The predicted octanol–water partition coefficient (Wildman–Crippen LogP) is 2.34. The number of carbonyl (C=O) groups excluding carboxylic acids is 1. The van der Waals surface area contributed by atoms with Crippen LogP contribution in [0.3, 0.4) is 0 Å². The summed E-state index contributed by atoms with van der Waals surface area (Å²) in [5.74, 6) is -0.580. The van der Waals surface area contributed by atoms with E-state index in [0.29, 0.717) is 11.4 Å². The number of hydrogen-bond acceptors (Lipinski definition) is 5. The van der Waals surface area contributed by atoms with Gasteiger partial charge in [0, 0.05) is 24.0 Å². The molecule has 2 N–H and O–H groups in total. The minimum Gasteiger partial charge on any atom is -0.481 e. The van der Waals surface area contributed by atoms with E-state index >= 15 is 0 Å². The van der Waals surface area contributed by atoms with Crippen LogP contribution in [0.2, 0.25) is 0 Å². The molecule has 0 aliphatic carbocycles. The van der Waals surface area contributed by atoms with Gasteiger partial charge in [-0.05, 0) is 38.5 Å². The lowest BCUT2D eigenvalue weighted by molar-refractivity contribution is -0.136. The average Bonchev–Trinajstić information content (AvgIpc) is 3.14. The standard InChI is InChI=1S/C19H20N4O4/c1-11-10-27-15(7-17(24)25)18(11)19(26)21-9-14-4-5-16(20-8-14)23-13(3)6-12(2)22-23/h4-6,8,10H,7,9H2,1-3H3,(H,21,26)(H,24,25). The van der Waals surface area contributed by atoms with Crippen molar-refractivity contribution in [2.75, 3.05) is 0 Å². The van der Waals surface area contributed by atoms with Crippen LogP contribution < -0.4 is 5.32 Å². The summed E-state index contributed by atoms with van der Waals surface area (Å²) < 4.78 is 6.95. The van der Waals surface area contributed by atoms with Crippen LogP contribution in [0.25, 0.3) is 5.82 Å². The molecule has 3 heterocycles. The zero-order valence-electron chi connectivity index (χ0n) is 15.3. The van der Waals surface area contributed by atoms with Gasteiger partial charge in [-0.25, -0.2) is 9.67 Å². The molecule has 0 aliphatic rings. The van der Waals surface area contributed by atoms with Crippen LogP contribution in [0.4, 0.5) is 0 Å². The van der Waals surface area contributed by atoms with Gasteiger partial charge in [-0.15, -0.1) is 0 Å². The Bertz CT molecular complexity index is 986. The van der Waals surface area contributed by atoms with Crippen LogP contribution >= 0.6 is 0 Å². The predicted molar refractivity (Wildman–Crippen MR) is 96.8 cm³/mol. The zero-order valence-corrected chi connectivity index (χ0v) is 15.3. The molecule has 0 bridgehead atoms. The van der Waals surface area contributed by atoms with Crippen molar-refractivity contribution in [3.8, 4) is 5.82 Å². The summed E-state index contributed by atoms with van der Waals surface area (Å²) in [5, 5.41) is 16.1. The van der Waals surface area contributed by atoms with Crippen LogP contribution in [-0.4, -0.2) is 31.7 Å². The number of carboxylic acids is 1. The molecule has 8 nitrogen and oxygen atoms in total. The smallest absolute Gasteiger partial charge is 0.311 e. The lowest BCUT2D eigenvalue weighted by atomic mass is 10.1. The van der Waals surface area contributed by atoms with E-state index < -0.39 is 5.97 Å². The second-order valence-electron chi connectivity index (χ2n) is 6.33. The van der Waals surface area contributed by atoms with Crippen molar-refractivity contribution >= 4 is 11.9 Å². The number of rotatable bonds is 6. The Morgan fingerprint density at radius 2 is 2.04 bits per heavy atom. The molecular formula is C19H20N4O4. The van der Waals surface area contributed by atoms with Gasteiger partial charge in [-0.3, -0.25) is 9.59 Å². The molecule has 0 radical (unpaired) electrons. The number of aromatic nitrogens is 3. The van der Waals surface area contributed by atoms with E-state index in [4.69, 9.17) is 9.52 Å². The number of aryl methyl sites for hydroxylation is 3. The van der Waals surface area contributed by atoms with Crippen molar-refractivity contribution in [3.63, 3.8) is 0 Å². The van der Waals surface area contributed by atoms with Gasteiger partial charge in [0.25, 0.3) is 5.91 Å². The van der Waals surface area contributed by atoms with Crippen molar-refractivity contribution in [2.45, 2.75) is 33.7 Å². The van der Waals surface area contributed by atoms with Gasteiger partial charge in [-0.2, -0.15) is 5.10 Å². The monoisotopic (exact) mass is 368 g/mol. The maximum absolute atomic E-state index is 12.4. The van der Waals surface area contributed by atoms with E-state index in [-0.39, 0.29) is 30.2 Å². The minimum atomic E-state index is -1.05. The first-order chi connectivity index (χ1) is 12.8. The number of furan rings is 1. The van der Waals surface area contributed by atoms with E-state index in [2.05, 4.69) is 15.4 Å². The molecule has 8 heteroatoms. The molecule has 0 fully saturated rings. The molecule has 0 atom stereocenters. The van der Waals surface area contributed by atoms with Crippen molar-refractivity contribution in [1.29, 1.82) is 0 Å². The van der Waals surface area contributed by atoms with Crippen LogP contribution in [0.5, 0.6) is 0 Å². The molecule has 27 heavy (non-hydrogen) atoms. The summed E-state index contributed by atoms with van der Waals surface area (Å²) >= 11 is 0. The first kappa shape index (κ1) is 18.4. The normalized spacial score (nSPS) is 10.8. The van der Waals surface area contributed by atoms with Gasteiger partial charge in [-0.1, -0.05) is 6.07 Å². The van der Waals surface area contributed by atoms with Gasteiger partial charge in [0.1, 0.15) is 12.2 Å². The Morgan fingerprint density at radius 1 is 1.26 bits per heavy atom. The van der Waals surface area contributed by atoms with Gasteiger partial charge in [0.15, 0.2) is 5.82 Å². The number of nitrogens with one attached hydrogen (secondary N) is 1. The van der Waals surface area contributed by atoms with E-state index in [9.17, 15) is 9.59 Å². The highest BCUT2D eigenvalue weighted by Gasteiger charge is 2.20. The highest BCUT2D eigenvalue weighted by atomic mass is 16.4. The number of hydrogen-bond donors (Lipinski definition) is 2. The third-order valence-corrected chi connectivity index (χ3v) is 4.08. The molecule has 0 spiro atoms. The largest absolute Gasteiger partial charge is 0.481 e. The maximum atomic E-state index is 12.4. The number of carboxylic acid groups (broad SMARTS) is 1. The molecule has 140 valence electrons. The number of nitrogens with zero attached hydrogens (tertiary/aromatic N) is 3. The van der Waals surface area contributed by atoms with E-state index in [1.165, 1.54) is 6.26 Å². The Hall–Kier alpha value is -3.42. The Balaban J connectivity index is 1.69. The minimum absolute atomic E-state index is 0.149. The summed E-state index contributed by atoms with van der Waals surface area (Å²) in [6, 6.07) is 5.66. The van der Waals surface area contributed by atoms with Crippen LogP contribution in [-0.2, 0) is 17.8 Å². The Labute approximate surface area is 155 Å². The van der Waals surface area contributed by atoms with Gasteiger partial charge < -0.3 is 14.8 Å². The molecule has 3 aromatic rings. The number of pyridine rings is 1. The molecule has 1 amide bonds. The second kappa shape index (κ2) is 7.45. The van der Waals surface area contributed by atoms with E-state index in [0.717, 1.165) is 17.0 Å². The highest BCUT2D eigenvalue weighted by Crippen LogP contribution is 2.17. The number of aliphatic carboxylic acids is 1. The average molecular weight is 368 g/mol. The van der Waals surface area contributed by atoms with Gasteiger partial charge >= 0.3 is 5.97 Å². The topological polar surface area (TPSA) is 110 Å². The molecule has 0 unspecified atom stereocenters. The molecule has 3 rings (SSSR count). The molecule has 0 aromatic carbocycles. The van der Waals surface area contributed by atoms with Crippen LogP contribution in [0.15, 0.2) is 35.1 Å². The molecular weight excluding hydrogens is 348 g/mol. The zero-order chi connectivity index (χ0) is 19.6. The van der Waals surface area contributed by atoms with E-state index in [1.807, 2.05) is 32.0 Å². The summed E-state index contributed by atoms with van der Waals surface area (Å²) in [6.07, 6.45) is 2.72. The third kappa shape index (κ3) is 4.05. The quantitative estimate of drug-likeness (QED) is 0.691. The Kier molecular flexibility index (Phi) is 5.07. The molecule has 3 aromatic heterocycles. The molecule has 0 saturated carbocycles. The van der Waals surface area contributed by atoms with Crippen LogP contribution in [0.1, 0.15) is 38.6 Å². The van der Waals surface area contributed by atoms with Crippen LogP contribution in [0, 0.1) is 20.8 Å². The second-order valence-corrected chi connectivity index (χ2v) is 6.33. The summed E-state index contributed by atoms with van der Waals surface area (Å²) in [4.78, 5) is 27.7. The number of carbonyl (C=O) groups is 2.